The summed E-state index contributed by atoms with van der Waals surface area (Å²) in [5.74, 6) is -0.103. The van der Waals surface area contributed by atoms with Crippen molar-refractivity contribution in [2.24, 2.45) is 0 Å². The molecule has 1 atom stereocenters. The fraction of sp³-hybridized carbons (Fsp3) is 0.467. The summed E-state index contributed by atoms with van der Waals surface area (Å²) in [5.41, 5.74) is 0.483. The van der Waals surface area contributed by atoms with Gasteiger partial charge in [-0.25, -0.2) is 4.79 Å². The van der Waals surface area contributed by atoms with Crippen molar-refractivity contribution in [3.8, 4) is 11.5 Å². The summed E-state index contributed by atoms with van der Waals surface area (Å²) in [5, 5.41) is 2.69. The van der Waals surface area contributed by atoms with Crippen LogP contribution in [0.25, 0.3) is 0 Å². The smallest absolute Gasteiger partial charge is 0.340 e. The van der Waals surface area contributed by atoms with Gasteiger partial charge in [0.15, 0.2) is 11.5 Å². The van der Waals surface area contributed by atoms with Crippen LogP contribution in [0.15, 0.2) is 12.1 Å². The Hall–Kier alpha value is -2.28. The molecule has 0 bridgehead atoms. The maximum Gasteiger partial charge on any atom is 0.340 e. The zero-order valence-corrected chi connectivity index (χ0v) is 12.8. The maximum atomic E-state index is 12.2. The molecule has 1 aliphatic heterocycles. The van der Waals surface area contributed by atoms with Gasteiger partial charge in [-0.3, -0.25) is 4.79 Å². The number of amides is 1. The van der Waals surface area contributed by atoms with Crippen LogP contribution in [0.5, 0.6) is 11.5 Å². The quantitative estimate of drug-likeness (QED) is 0.832. The van der Waals surface area contributed by atoms with E-state index >= 15 is 0 Å². The zero-order valence-electron chi connectivity index (χ0n) is 12.8. The van der Waals surface area contributed by atoms with Crippen LogP contribution in [0.1, 0.15) is 23.2 Å². The molecule has 0 aromatic heterocycles. The summed E-state index contributed by atoms with van der Waals surface area (Å²) < 4.78 is 20.4. The average Bonchev–Trinajstić information content (AvgIpc) is 3.08. The molecule has 2 rings (SSSR count). The highest BCUT2D eigenvalue weighted by Crippen LogP contribution is 2.34. The highest BCUT2D eigenvalue weighted by Gasteiger charge is 2.26. The summed E-state index contributed by atoms with van der Waals surface area (Å²) in [6.45, 7) is 0.563. The molecule has 1 amide bonds. The highest BCUT2D eigenvalue weighted by molar-refractivity contribution is 6.03. The molecule has 1 aromatic rings. The van der Waals surface area contributed by atoms with Crippen LogP contribution in [0, 0.1) is 0 Å². The van der Waals surface area contributed by atoms with E-state index in [4.69, 9.17) is 18.9 Å². The lowest BCUT2D eigenvalue weighted by molar-refractivity contribution is -0.124. The van der Waals surface area contributed by atoms with Crippen LogP contribution in [0.2, 0.25) is 0 Å². The van der Waals surface area contributed by atoms with Crippen LogP contribution in [-0.2, 0) is 14.3 Å². The number of benzene rings is 1. The van der Waals surface area contributed by atoms with Crippen molar-refractivity contribution >= 4 is 17.6 Å². The number of ether oxygens (including phenoxy) is 4. The third-order valence-electron chi connectivity index (χ3n) is 3.41. The first-order chi connectivity index (χ1) is 10.6. The number of carbonyl (C=O) groups excluding carboxylic acids is 2. The summed E-state index contributed by atoms with van der Waals surface area (Å²) in [4.78, 5) is 24.1. The number of hydrogen-bond donors (Lipinski definition) is 1. The number of hydrogen-bond acceptors (Lipinski definition) is 6. The molecule has 0 aliphatic carbocycles. The molecule has 0 spiro atoms. The van der Waals surface area contributed by atoms with E-state index in [0.717, 1.165) is 6.42 Å². The monoisotopic (exact) mass is 309 g/mol. The largest absolute Gasteiger partial charge is 0.493 e. The Morgan fingerprint density at radius 1 is 1.18 bits per heavy atom. The normalized spacial score (nSPS) is 17.0. The third-order valence-corrected chi connectivity index (χ3v) is 3.41. The summed E-state index contributed by atoms with van der Waals surface area (Å²) in [6, 6.07) is 2.99. The SMILES string of the molecule is COC(=O)c1cc(OC)c(OC)cc1NC(=O)[C@@H]1CCCO1. The molecule has 0 saturated carbocycles. The van der Waals surface area contributed by atoms with E-state index in [1.807, 2.05) is 0 Å². The molecule has 1 fully saturated rings. The molecule has 7 nitrogen and oxygen atoms in total. The van der Waals surface area contributed by atoms with E-state index in [1.165, 1.54) is 33.5 Å². The van der Waals surface area contributed by atoms with Crippen molar-refractivity contribution in [3.05, 3.63) is 17.7 Å². The summed E-state index contributed by atoms with van der Waals surface area (Å²) in [7, 11) is 4.20. The maximum absolute atomic E-state index is 12.2. The molecule has 120 valence electrons. The first-order valence-electron chi connectivity index (χ1n) is 6.87. The van der Waals surface area contributed by atoms with Crippen LogP contribution >= 0.6 is 0 Å². The minimum absolute atomic E-state index is 0.187. The van der Waals surface area contributed by atoms with Gasteiger partial charge in [-0.15, -0.1) is 0 Å². The number of esters is 1. The number of methoxy groups -OCH3 is 3. The molecule has 1 aliphatic rings. The number of anilines is 1. The molecule has 1 aromatic carbocycles. The van der Waals surface area contributed by atoms with E-state index < -0.39 is 12.1 Å². The third kappa shape index (κ3) is 3.30. The molecular weight excluding hydrogens is 290 g/mol. The van der Waals surface area contributed by atoms with Gasteiger partial charge in [0.1, 0.15) is 6.10 Å². The lowest BCUT2D eigenvalue weighted by Gasteiger charge is -2.16. The van der Waals surface area contributed by atoms with Gasteiger partial charge in [0.05, 0.1) is 32.6 Å². The van der Waals surface area contributed by atoms with Crippen LogP contribution in [0.4, 0.5) is 5.69 Å². The highest BCUT2D eigenvalue weighted by atomic mass is 16.5. The average molecular weight is 309 g/mol. The van der Waals surface area contributed by atoms with Gasteiger partial charge >= 0.3 is 5.97 Å². The topological polar surface area (TPSA) is 83.1 Å². The first-order valence-corrected chi connectivity index (χ1v) is 6.87. The zero-order chi connectivity index (χ0) is 16.1. The van der Waals surface area contributed by atoms with E-state index in [0.29, 0.717) is 30.2 Å². The van der Waals surface area contributed by atoms with E-state index in [9.17, 15) is 9.59 Å². The van der Waals surface area contributed by atoms with Gasteiger partial charge < -0.3 is 24.3 Å². The van der Waals surface area contributed by atoms with Gasteiger partial charge in [-0.2, -0.15) is 0 Å². The molecule has 1 N–H and O–H groups in total. The molecule has 7 heteroatoms. The minimum Gasteiger partial charge on any atom is -0.493 e. The fourth-order valence-electron chi connectivity index (χ4n) is 2.26. The lowest BCUT2D eigenvalue weighted by Crippen LogP contribution is -2.27. The predicted octanol–water partition coefficient (Wildman–Crippen LogP) is 1.61. The molecular formula is C15H19NO6. The molecule has 0 unspecified atom stereocenters. The Kier molecular flexibility index (Phi) is 5.21. The standard InChI is InChI=1S/C15H19NO6/c1-19-12-7-9(15(18)21-3)10(8-13(12)20-2)16-14(17)11-5-4-6-22-11/h7-8,11H,4-6H2,1-3H3,(H,16,17)/t11-/m0/s1. The van der Waals surface area contributed by atoms with Gasteiger partial charge in [0, 0.05) is 18.7 Å². The second-order valence-corrected chi connectivity index (χ2v) is 4.74. The Balaban J connectivity index is 2.34. The van der Waals surface area contributed by atoms with E-state index in [2.05, 4.69) is 5.32 Å². The number of rotatable bonds is 5. The number of nitrogens with one attached hydrogen (secondary N) is 1. The van der Waals surface area contributed by atoms with Crippen LogP contribution < -0.4 is 14.8 Å². The Morgan fingerprint density at radius 2 is 1.86 bits per heavy atom. The second kappa shape index (κ2) is 7.13. The molecule has 22 heavy (non-hydrogen) atoms. The predicted molar refractivity (Wildman–Crippen MR) is 78.5 cm³/mol. The Bertz CT molecular complexity index is 565. The van der Waals surface area contributed by atoms with Gasteiger partial charge in [-0.1, -0.05) is 0 Å². The lowest BCUT2D eigenvalue weighted by atomic mass is 10.1. The fourth-order valence-corrected chi connectivity index (χ4v) is 2.26. The van der Waals surface area contributed by atoms with Gasteiger partial charge in [0.25, 0.3) is 5.91 Å². The van der Waals surface area contributed by atoms with Crippen LogP contribution in [0.3, 0.4) is 0 Å². The van der Waals surface area contributed by atoms with Crippen molar-refractivity contribution in [1.82, 2.24) is 0 Å². The van der Waals surface area contributed by atoms with Crippen molar-refractivity contribution in [3.63, 3.8) is 0 Å². The first kappa shape index (κ1) is 16.1. The minimum atomic E-state index is -0.580. The van der Waals surface area contributed by atoms with E-state index in [-0.39, 0.29) is 11.5 Å². The molecule has 0 radical (unpaired) electrons. The summed E-state index contributed by atoms with van der Waals surface area (Å²) >= 11 is 0. The number of carbonyl (C=O) groups is 2. The Labute approximate surface area is 128 Å². The second-order valence-electron chi connectivity index (χ2n) is 4.74. The van der Waals surface area contributed by atoms with Gasteiger partial charge in [-0.05, 0) is 12.8 Å². The van der Waals surface area contributed by atoms with E-state index in [1.54, 1.807) is 0 Å². The molecule has 1 saturated heterocycles. The summed E-state index contributed by atoms with van der Waals surface area (Å²) in [6.07, 6.45) is 0.999. The van der Waals surface area contributed by atoms with Crippen molar-refractivity contribution < 1.29 is 28.5 Å². The molecule has 1 heterocycles. The van der Waals surface area contributed by atoms with Crippen molar-refractivity contribution in [2.45, 2.75) is 18.9 Å². The Morgan fingerprint density at radius 3 is 2.41 bits per heavy atom. The van der Waals surface area contributed by atoms with Crippen molar-refractivity contribution in [1.29, 1.82) is 0 Å². The van der Waals surface area contributed by atoms with Crippen LogP contribution in [-0.4, -0.2) is 45.9 Å². The van der Waals surface area contributed by atoms with Gasteiger partial charge in [0.2, 0.25) is 0 Å². The van der Waals surface area contributed by atoms with Crippen molar-refractivity contribution in [2.75, 3.05) is 33.3 Å².